The summed E-state index contributed by atoms with van der Waals surface area (Å²) in [4.78, 5) is 12.6. The van der Waals surface area contributed by atoms with Crippen molar-refractivity contribution in [3.63, 3.8) is 0 Å². The van der Waals surface area contributed by atoms with E-state index < -0.39 is 0 Å². The number of benzene rings is 2. The Bertz CT molecular complexity index is 870. The zero-order chi connectivity index (χ0) is 17.8. The summed E-state index contributed by atoms with van der Waals surface area (Å²) >= 11 is 0. The zero-order valence-electron chi connectivity index (χ0n) is 14.5. The van der Waals surface area contributed by atoms with Gasteiger partial charge in [-0.25, -0.2) is 4.79 Å². The van der Waals surface area contributed by atoms with E-state index in [1.54, 1.807) is 6.20 Å². The van der Waals surface area contributed by atoms with E-state index in [9.17, 15) is 4.79 Å². The first-order valence-corrected chi connectivity index (χ1v) is 9.08. The lowest BCUT2D eigenvalue weighted by Gasteiger charge is -2.32. The van der Waals surface area contributed by atoms with Crippen LogP contribution in [0, 0.1) is 0 Å². The number of aromatic nitrogens is 2. The maximum Gasteiger partial charge on any atom is 0.319 e. The molecule has 6 nitrogen and oxygen atoms in total. The Labute approximate surface area is 152 Å². The lowest BCUT2D eigenvalue weighted by Crippen LogP contribution is -2.47. The molecule has 6 heteroatoms. The van der Waals surface area contributed by atoms with E-state index in [1.165, 1.54) is 12.8 Å². The quantitative estimate of drug-likeness (QED) is 0.581. The van der Waals surface area contributed by atoms with E-state index >= 15 is 0 Å². The Balaban J connectivity index is 1.49. The third-order valence-electron chi connectivity index (χ3n) is 4.89. The monoisotopic (exact) mass is 349 g/mol. The van der Waals surface area contributed by atoms with Gasteiger partial charge in [-0.05, 0) is 43.1 Å². The van der Waals surface area contributed by atoms with Crippen LogP contribution in [-0.2, 0) is 0 Å². The van der Waals surface area contributed by atoms with Gasteiger partial charge in [0.25, 0.3) is 0 Å². The number of hydrogen-bond donors (Lipinski definition) is 4. The molecule has 2 amide bonds. The van der Waals surface area contributed by atoms with E-state index in [0.29, 0.717) is 0 Å². The maximum absolute atomic E-state index is 12.6. The Morgan fingerprint density at radius 1 is 1.15 bits per heavy atom. The molecule has 1 aromatic heterocycles. The minimum Gasteiger partial charge on any atom is -0.329 e. The second kappa shape index (κ2) is 7.58. The molecule has 1 fully saturated rings. The first-order chi connectivity index (χ1) is 12.8. The van der Waals surface area contributed by atoms with Crippen LogP contribution >= 0.6 is 0 Å². The highest BCUT2D eigenvalue weighted by atomic mass is 16.2. The molecule has 1 saturated heterocycles. The molecule has 0 bridgehead atoms. The molecule has 1 unspecified atom stereocenters. The van der Waals surface area contributed by atoms with Gasteiger partial charge in [0.15, 0.2) is 0 Å². The third kappa shape index (κ3) is 3.70. The van der Waals surface area contributed by atoms with Crippen molar-refractivity contribution in [1.29, 1.82) is 0 Å². The second-order valence-electron chi connectivity index (χ2n) is 6.72. The number of carbonyl (C=O) groups excluding carboxylic acids is 1. The summed E-state index contributed by atoms with van der Waals surface area (Å²) in [6.45, 7) is 0.995. The van der Waals surface area contributed by atoms with Gasteiger partial charge in [0, 0.05) is 17.1 Å². The smallest absolute Gasteiger partial charge is 0.319 e. The molecule has 2 aromatic carbocycles. The van der Waals surface area contributed by atoms with Crippen LogP contribution in [0.2, 0.25) is 0 Å². The highest BCUT2D eigenvalue weighted by Crippen LogP contribution is 2.23. The molecular weight excluding hydrogens is 326 g/mol. The van der Waals surface area contributed by atoms with Crippen molar-refractivity contribution < 1.29 is 4.79 Å². The SMILES string of the molecule is O=C(Nc1ccc2[nH]ncc2c1)NC(c1ccccc1)[C@@H]1CCCCN1. The van der Waals surface area contributed by atoms with Gasteiger partial charge in [0.2, 0.25) is 0 Å². The van der Waals surface area contributed by atoms with Gasteiger partial charge in [0.1, 0.15) is 0 Å². The van der Waals surface area contributed by atoms with Crippen LogP contribution in [0.3, 0.4) is 0 Å². The number of piperidine rings is 1. The maximum atomic E-state index is 12.6. The van der Waals surface area contributed by atoms with Crippen molar-refractivity contribution in [2.75, 3.05) is 11.9 Å². The molecule has 0 aliphatic carbocycles. The number of urea groups is 1. The second-order valence-corrected chi connectivity index (χ2v) is 6.72. The molecule has 26 heavy (non-hydrogen) atoms. The number of nitrogens with zero attached hydrogens (tertiary/aromatic N) is 1. The van der Waals surface area contributed by atoms with Gasteiger partial charge in [0.05, 0.1) is 17.8 Å². The largest absolute Gasteiger partial charge is 0.329 e. The molecule has 2 heterocycles. The molecule has 1 aliphatic heterocycles. The van der Waals surface area contributed by atoms with Gasteiger partial charge in [-0.2, -0.15) is 5.10 Å². The highest BCUT2D eigenvalue weighted by Gasteiger charge is 2.26. The summed E-state index contributed by atoms with van der Waals surface area (Å²) in [7, 11) is 0. The topological polar surface area (TPSA) is 81.8 Å². The third-order valence-corrected chi connectivity index (χ3v) is 4.89. The highest BCUT2D eigenvalue weighted by molar-refractivity contribution is 5.92. The number of anilines is 1. The number of aromatic amines is 1. The summed E-state index contributed by atoms with van der Waals surface area (Å²) < 4.78 is 0. The molecule has 0 spiro atoms. The van der Waals surface area contributed by atoms with Crippen LogP contribution in [0.1, 0.15) is 30.9 Å². The van der Waals surface area contributed by atoms with Crippen molar-refractivity contribution in [2.45, 2.75) is 31.3 Å². The number of rotatable bonds is 4. The van der Waals surface area contributed by atoms with Crippen molar-refractivity contribution in [3.8, 4) is 0 Å². The van der Waals surface area contributed by atoms with Gasteiger partial charge >= 0.3 is 6.03 Å². The Hall–Kier alpha value is -2.86. The number of nitrogens with one attached hydrogen (secondary N) is 4. The lowest BCUT2D eigenvalue weighted by molar-refractivity contribution is 0.240. The van der Waals surface area contributed by atoms with Crippen LogP contribution in [0.4, 0.5) is 10.5 Å². The van der Waals surface area contributed by atoms with E-state index in [-0.39, 0.29) is 18.1 Å². The van der Waals surface area contributed by atoms with Crippen LogP contribution in [0.15, 0.2) is 54.7 Å². The van der Waals surface area contributed by atoms with Crippen LogP contribution in [0.25, 0.3) is 10.9 Å². The Morgan fingerprint density at radius 2 is 2.04 bits per heavy atom. The average molecular weight is 349 g/mol. The summed E-state index contributed by atoms with van der Waals surface area (Å²) in [5.41, 5.74) is 2.82. The summed E-state index contributed by atoms with van der Waals surface area (Å²) in [5, 5.41) is 17.5. The van der Waals surface area contributed by atoms with Crippen LogP contribution < -0.4 is 16.0 Å². The lowest BCUT2D eigenvalue weighted by atomic mass is 9.92. The molecule has 0 radical (unpaired) electrons. The fourth-order valence-corrected chi connectivity index (χ4v) is 3.57. The minimum atomic E-state index is -0.200. The van der Waals surface area contributed by atoms with E-state index in [2.05, 4.69) is 38.3 Å². The van der Waals surface area contributed by atoms with Crippen molar-refractivity contribution in [1.82, 2.24) is 20.8 Å². The number of amides is 2. The first kappa shape index (κ1) is 16.6. The predicted molar refractivity (Wildman–Crippen MR) is 103 cm³/mol. The molecule has 1 aliphatic rings. The standard InChI is InChI=1S/C20H23N5O/c26-20(23-16-9-10-17-15(12-16)13-22-25-17)24-19(14-6-2-1-3-7-14)18-8-4-5-11-21-18/h1-3,6-7,9-10,12-13,18-19,21H,4-5,8,11H2,(H,22,25)(H2,23,24,26)/t18-,19?/m0/s1. The van der Waals surface area contributed by atoms with Gasteiger partial charge < -0.3 is 16.0 Å². The van der Waals surface area contributed by atoms with E-state index in [1.807, 2.05) is 36.4 Å². The molecule has 4 N–H and O–H groups in total. The molecule has 134 valence electrons. The molecule has 3 aromatic rings. The van der Waals surface area contributed by atoms with Crippen LogP contribution in [-0.4, -0.2) is 28.8 Å². The predicted octanol–water partition coefficient (Wildman–Crippen LogP) is 3.57. The molecular formula is C20H23N5O. The van der Waals surface area contributed by atoms with Crippen molar-refractivity contribution >= 4 is 22.6 Å². The Morgan fingerprint density at radius 3 is 2.85 bits per heavy atom. The first-order valence-electron chi connectivity index (χ1n) is 9.08. The van der Waals surface area contributed by atoms with E-state index in [0.717, 1.165) is 35.1 Å². The van der Waals surface area contributed by atoms with Crippen molar-refractivity contribution in [3.05, 3.63) is 60.3 Å². The fraction of sp³-hybridized carbons (Fsp3) is 0.300. The Kier molecular flexibility index (Phi) is 4.84. The summed E-state index contributed by atoms with van der Waals surface area (Å²) in [6.07, 6.45) is 5.17. The summed E-state index contributed by atoms with van der Waals surface area (Å²) in [5.74, 6) is 0. The van der Waals surface area contributed by atoms with Gasteiger partial charge in [-0.1, -0.05) is 36.8 Å². The fourth-order valence-electron chi connectivity index (χ4n) is 3.57. The van der Waals surface area contributed by atoms with Gasteiger partial charge in [-0.15, -0.1) is 0 Å². The number of H-pyrrole nitrogens is 1. The van der Waals surface area contributed by atoms with Gasteiger partial charge in [-0.3, -0.25) is 5.10 Å². The molecule has 2 atom stereocenters. The number of fused-ring (bicyclic) bond motifs is 1. The zero-order valence-corrected chi connectivity index (χ0v) is 14.5. The van der Waals surface area contributed by atoms with E-state index in [4.69, 9.17) is 0 Å². The minimum absolute atomic E-state index is 0.0610. The molecule has 0 saturated carbocycles. The molecule has 4 rings (SSSR count). The van der Waals surface area contributed by atoms with Crippen LogP contribution in [0.5, 0.6) is 0 Å². The number of hydrogen-bond acceptors (Lipinski definition) is 3. The van der Waals surface area contributed by atoms with Crippen molar-refractivity contribution in [2.24, 2.45) is 0 Å². The average Bonchev–Trinajstić information content (AvgIpc) is 3.15. The summed E-state index contributed by atoms with van der Waals surface area (Å²) in [6, 6.07) is 15.8. The number of carbonyl (C=O) groups is 1. The normalized spacial score (nSPS) is 18.4.